The molecule has 0 unspecified atom stereocenters. The first-order chi connectivity index (χ1) is 9.47. The van der Waals surface area contributed by atoms with Crippen molar-refractivity contribution in [1.29, 1.82) is 0 Å². The number of amides is 1. The molecule has 1 amide bonds. The zero-order valence-corrected chi connectivity index (χ0v) is 11.8. The van der Waals surface area contributed by atoms with E-state index in [4.69, 9.17) is 9.52 Å². The van der Waals surface area contributed by atoms with Gasteiger partial charge in [-0.3, -0.25) is 4.79 Å². The summed E-state index contributed by atoms with van der Waals surface area (Å²) in [5.74, 6) is -0.742. The molecule has 0 saturated carbocycles. The first-order valence-electron chi connectivity index (χ1n) is 5.87. The van der Waals surface area contributed by atoms with E-state index in [1.165, 1.54) is 16.7 Å². The summed E-state index contributed by atoms with van der Waals surface area (Å²) < 4.78 is 5.20. The molecule has 0 atom stereocenters. The third-order valence-electron chi connectivity index (χ3n) is 2.51. The molecule has 20 heavy (non-hydrogen) atoms. The van der Waals surface area contributed by atoms with Crippen molar-refractivity contribution in [2.75, 3.05) is 6.54 Å². The topological polar surface area (TPSA) is 105 Å². The third-order valence-corrected chi connectivity index (χ3v) is 3.41. The van der Waals surface area contributed by atoms with E-state index in [0.29, 0.717) is 29.6 Å². The lowest BCUT2D eigenvalue weighted by atomic mass is 10.3. The summed E-state index contributed by atoms with van der Waals surface area (Å²) in [6.45, 7) is 3.72. The highest BCUT2D eigenvalue weighted by Crippen LogP contribution is 2.11. The van der Waals surface area contributed by atoms with Gasteiger partial charge < -0.3 is 14.8 Å². The number of aromatic nitrogens is 2. The van der Waals surface area contributed by atoms with Crippen LogP contribution in [0.25, 0.3) is 0 Å². The highest BCUT2D eigenvalue weighted by Gasteiger charge is 2.15. The van der Waals surface area contributed by atoms with Crippen molar-refractivity contribution in [2.45, 2.75) is 20.3 Å². The van der Waals surface area contributed by atoms with Gasteiger partial charge in [0.2, 0.25) is 5.76 Å². The van der Waals surface area contributed by atoms with Crippen LogP contribution in [0.2, 0.25) is 0 Å². The number of hydrogen-bond donors (Lipinski definition) is 2. The van der Waals surface area contributed by atoms with Crippen LogP contribution in [0, 0.1) is 13.8 Å². The second kappa shape index (κ2) is 5.83. The standard InChI is InChI=1S/C12H13N3O4S/c1-6-10(19-7(2)14-6)11(16)13-4-3-9-15-8(5-20-9)12(17)18/h5H,3-4H2,1-2H3,(H,13,16)(H,17,18). The average molecular weight is 295 g/mol. The second-order valence-corrected chi connectivity index (χ2v) is 5.03. The van der Waals surface area contributed by atoms with Gasteiger partial charge in [-0.25, -0.2) is 14.8 Å². The highest BCUT2D eigenvalue weighted by molar-refractivity contribution is 7.09. The Kier molecular flexibility index (Phi) is 4.14. The summed E-state index contributed by atoms with van der Waals surface area (Å²) in [4.78, 5) is 30.5. The average Bonchev–Trinajstić information content (AvgIpc) is 2.96. The van der Waals surface area contributed by atoms with Gasteiger partial charge in [-0.15, -0.1) is 11.3 Å². The second-order valence-electron chi connectivity index (χ2n) is 4.08. The van der Waals surface area contributed by atoms with Crippen LogP contribution in [0.1, 0.15) is 37.6 Å². The maximum Gasteiger partial charge on any atom is 0.355 e. The number of carboxylic acid groups (broad SMARTS) is 1. The Balaban J connectivity index is 1.87. The lowest BCUT2D eigenvalue weighted by Gasteiger charge is -2.01. The maximum atomic E-state index is 11.8. The summed E-state index contributed by atoms with van der Waals surface area (Å²) in [7, 11) is 0. The van der Waals surface area contributed by atoms with E-state index in [9.17, 15) is 9.59 Å². The number of rotatable bonds is 5. The van der Waals surface area contributed by atoms with Crippen molar-refractivity contribution in [1.82, 2.24) is 15.3 Å². The molecular weight excluding hydrogens is 282 g/mol. The first-order valence-corrected chi connectivity index (χ1v) is 6.75. The molecule has 106 valence electrons. The third kappa shape index (κ3) is 3.21. The summed E-state index contributed by atoms with van der Waals surface area (Å²) in [6, 6.07) is 0. The van der Waals surface area contributed by atoms with E-state index >= 15 is 0 Å². The Morgan fingerprint density at radius 1 is 1.40 bits per heavy atom. The molecule has 7 nitrogen and oxygen atoms in total. The fourth-order valence-corrected chi connectivity index (χ4v) is 2.40. The van der Waals surface area contributed by atoms with Gasteiger partial charge in [0.1, 0.15) is 0 Å². The number of carbonyl (C=O) groups is 2. The number of thiazole rings is 1. The number of nitrogens with zero attached hydrogens (tertiary/aromatic N) is 2. The fraction of sp³-hybridized carbons (Fsp3) is 0.333. The first kappa shape index (κ1) is 14.2. The quantitative estimate of drug-likeness (QED) is 0.864. The molecule has 0 aliphatic carbocycles. The molecule has 0 radical (unpaired) electrons. The van der Waals surface area contributed by atoms with E-state index < -0.39 is 5.97 Å². The number of carboxylic acids is 1. The van der Waals surface area contributed by atoms with E-state index in [1.807, 2.05) is 0 Å². The van der Waals surface area contributed by atoms with Crippen LogP contribution in [-0.4, -0.2) is 33.5 Å². The molecule has 0 aliphatic heterocycles. The maximum absolute atomic E-state index is 11.8. The number of nitrogens with one attached hydrogen (secondary N) is 1. The Morgan fingerprint density at radius 2 is 2.15 bits per heavy atom. The van der Waals surface area contributed by atoms with Gasteiger partial charge in [-0.1, -0.05) is 0 Å². The molecule has 2 N–H and O–H groups in total. The van der Waals surface area contributed by atoms with Crippen LogP contribution in [-0.2, 0) is 6.42 Å². The van der Waals surface area contributed by atoms with Gasteiger partial charge in [0.15, 0.2) is 11.6 Å². The lowest BCUT2D eigenvalue weighted by Crippen LogP contribution is -2.25. The Labute approximate surface area is 118 Å². The summed E-state index contributed by atoms with van der Waals surface area (Å²) in [5, 5.41) is 13.6. The molecule has 2 aromatic heterocycles. The highest BCUT2D eigenvalue weighted by atomic mass is 32.1. The summed E-state index contributed by atoms with van der Waals surface area (Å²) in [5.41, 5.74) is 0.570. The van der Waals surface area contributed by atoms with Crippen LogP contribution in [0.5, 0.6) is 0 Å². The Hall–Kier alpha value is -2.22. The van der Waals surface area contributed by atoms with Crippen LogP contribution in [0.15, 0.2) is 9.80 Å². The predicted molar refractivity (Wildman–Crippen MR) is 71.1 cm³/mol. The van der Waals surface area contributed by atoms with Gasteiger partial charge in [0.05, 0.1) is 10.7 Å². The Bertz CT molecular complexity index is 647. The van der Waals surface area contributed by atoms with E-state index in [0.717, 1.165) is 0 Å². The zero-order valence-electron chi connectivity index (χ0n) is 11.0. The molecule has 0 spiro atoms. The minimum Gasteiger partial charge on any atom is -0.476 e. The van der Waals surface area contributed by atoms with Gasteiger partial charge in [-0.2, -0.15) is 0 Å². The van der Waals surface area contributed by atoms with Crippen LogP contribution >= 0.6 is 11.3 Å². The van der Waals surface area contributed by atoms with Gasteiger partial charge in [-0.05, 0) is 6.92 Å². The van der Waals surface area contributed by atoms with Crippen molar-refractivity contribution in [3.8, 4) is 0 Å². The van der Waals surface area contributed by atoms with Crippen LogP contribution in [0.4, 0.5) is 0 Å². The lowest BCUT2D eigenvalue weighted by molar-refractivity contribution is 0.0690. The molecule has 0 saturated heterocycles. The van der Waals surface area contributed by atoms with Crippen molar-refractivity contribution in [2.24, 2.45) is 0 Å². The van der Waals surface area contributed by atoms with E-state index in [-0.39, 0.29) is 17.4 Å². The van der Waals surface area contributed by atoms with Crippen LogP contribution < -0.4 is 5.32 Å². The van der Waals surface area contributed by atoms with E-state index in [1.54, 1.807) is 13.8 Å². The van der Waals surface area contributed by atoms with Gasteiger partial charge in [0, 0.05) is 25.3 Å². The van der Waals surface area contributed by atoms with Crippen molar-refractivity contribution in [3.05, 3.63) is 33.4 Å². The smallest absolute Gasteiger partial charge is 0.355 e. The molecular formula is C12H13N3O4S. The molecule has 0 fully saturated rings. The van der Waals surface area contributed by atoms with Gasteiger partial charge in [0.25, 0.3) is 5.91 Å². The molecule has 2 rings (SSSR count). The normalized spacial score (nSPS) is 10.5. The zero-order chi connectivity index (χ0) is 14.7. The summed E-state index contributed by atoms with van der Waals surface area (Å²) in [6.07, 6.45) is 0.468. The molecule has 2 heterocycles. The largest absolute Gasteiger partial charge is 0.476 e. The van der Waals surface area contributed by atoms with Crippen LogP contribution in [0.3, 0.4) is 0 Å². The van der Waals surface area contributed by atoms with Crippen molar-refractivity contribution in [3.63, 3.8) is 0 Å². The van der Waals surface area contributed by atoms with E-state index in [2.05, 4.69) is 15.3 Å². The number of carbonyl (C=O) groups excluding carboxylic acids is 1. The fourth-order valence-electron chi connectivity index (χ4n) is 1.63. The number of aryl methyl sites for hydroxylation is 2. The van der Waals surface area contributed by atoms with Gasteiger partial charge >= 0.3 is 5.97 Å². The Morgan fingerprint density at radius 3 is 2.70 bits per heavy atom. The number of aromatic carboxylic acids is 1. The molecule has 8 heteroatoms. The monoisotopic (exact) mass is 295 g/mol. The molecule has 0 bridgehead atoms. The predicted octanol–water partition coefficient (Wildman–Crippen LogP) is 1.42. The minimum atomic E-state index is -1.05. The summed E-state index contributed by atoms with van der Waals surface area (Å²) >= 11 is 1.25. The number of oxazole rings is 1. The minimum absolute atomic E-state index is 0.0260. The number of hydrogen-bond acceptors (Lipinski definition) is 6. The SMILES string of the molecule is Cc1nc(C)c(C(=O)NCCc2nc(C(=O)O)cs2)o1. The molecule has 0 aliphatic rings. The van der Waals surface area contributed by atoms with Crippen molar-refractivity contribution >= 4 is 23.2 Å². The molecule has 0 aromatic carbocycles. The van der Waals surface area contributed by atoms with Crippen molar-refractivity contribution < 1.29 is 19.1 Å². The molecule has 2 aromatic rings.